The largest absolute Gasteiger partial charge is 0.495 e. The maximum absolute atomic E-state index is 13.5. The second-order valence-electron chi connectivity index (χ2n) is 6.72. The fraction of sp³-hybridized carbons (Fsp3) is 0.286. The lowest BCUT2D eigenvalue weighted by Crippen LogP contribution is -2.49. The van der Waals surface area contributed by atoms with Gasteiger partial charge in [0.15, 0.2) is 0 Å². The lowest BCUT2D eigenvalue weighted by Gasteiger charge is -2.36. The molecule has 3 aromatic rings. The van der Waals surface area contributed by atoms with E-state index in [1.165, 1.54) is 12.1 Å². The Kier molecular flexibility index (Phi) is 4.71. The number of H-pyrrole nitrogens is 1. The highest BCUT2D eigenvalue weighted by Crippen LogP contribution is 2.28. The van der Waals surface area contributed by atoms with E-state index in [-0.39, 0.29) is 18.1 Å². The molecule has 140 valence electrons. The third kappa shape index (κ3) is 3.47. The minimum Gasteiger partial charge on any atom is -0.495 e. The van der Waals surface area contributed by atoms with Crippen LogP contribution >= 0.6 is 0 Å². The Balaban J connectivity index is 1.42. The van der Waals surface area contributed by atoms with Gasteiger partial charge in [-0.15, -0.1) is 0 Å². The van der Waals surface area contributed by atoms with Crippen molar-refractivity contribution in [3.8, 4) is 5.75 Å². The zero-order valence-electron chi connectivity index (χ0n) is 15.2. The van der Waals surface area contributed by atoms with E-state index >= 15 is 0 Å². The van der Waals surface area contributed by atoms with Crippen LogP contribution in [0.3, 0.4) is 0 Å². The predicted octanol–water partition coefficient (Wildman–Crippen LogP) is 3.21. The number of para-hydroxylation sites is 2. The average Bonchev–Trinajstić information content (AvgIpc) is 3.10. The molecule has 1 saturated heterocycles. The number of nitrogens with one attached hydrogen (secondary N) is 1. The number of hydrogen-bond donors (Lipinski definition) is 1. The summed E-state index contributed by atoms with van der Waals surface area (Å²) in [5.74, 6) is 0.624. The Morgan fingerprint density at radius 3 is 2.70 bits per heavy atom. The number of rotatable bonds is 4. The van der Waals surface area contributed by atoms with Crippen LogP contribution in [0, 0.1) is 5.82 Å². The van der Waals surface area contributed by atoms with Crippen molar-refractivity contribution in [3.63, 3.8) is 0 Å². The normalized spacial score (nSPS) is 14.6. The lowest BCUT2D eigenvalue weighted by molar-refractivity contribution is -0.130. The molecule has 0 unspecified atom stereocenters. The quantitative estimate of drug-likeness (QED) is 0.770. The van der Waals surface area contributed by atoms with Crippen LogP contribution < -0.4 is 9.64 Å². The van der Waals surface area contributed by atoms with E-state index in [0.717, 1.165) is 41.0 Å². The molecule has 0 radical (unpaired) electrons. The number of nitrogens with zero attached hydrogens (tertiary/aromatic N) is 2. The number of carbonyl (C=O) groups is 1. The van der Waals surface area contributed by atoms with Crippen LogP contribution in [0.15, 0.2) is 48.7 Å². The summed E-state index contributed by atoms with van der Waals surface area (Å²) >= 11 is 0. The molecular weight excluding hydrogens is 345 g/mol. The van der Waals surface area contributed by atoms with Gasteiger partial charge in [-0.2, -0.15) is 0 Å². The second-order valence-corrected chi connectivity index (χ2v) is 6.72. The highest BCUT2D eigenvalue weighted by atomic mass is 19.1. The van der Waals surface area contributed by atoms with Gasteiger partial charge in [-0.3, -0.25) is 4.79 Å². The van der Waals surface area contributed by atoms with Crippen LogP contribution in [0.1, 0.15) is 5.56 Å². The SMILES string of the molecule is COc1ccccc1N1CCN(C(=O)Cc2c[nH]c3ccc(F)cc23)CC1. The zero-order chi connectivity index (χ0) is 18.8. The highest BCUT2D eigenvalue weighted by molar-refractivity contribution is 5.89. The number of aromatic nitrogens is 1. The third-order valence-electron chi connectivity index (χ3n) is 5.13. The van der Waals surface area contributed by atoms with Crippen LogP contribution in [0.5, 0.6) is 5.75 Å². The van der Waals surface area contributed by atoms with Crippen LogP contribution in [0.4, 0.5) is 10.1 Å². The van der Waals surface area contributed by atoms with Crippen molar-refractivity contribution in [2.45, 2.75) is 6.42 Å². The molecule has 2 heterocycles. The summed E-state index contributed by atoms with van der Waals surface area (Å²) in [5, 5.41) is 0.774. The summed E-state index contributed by atoms with van der Waals surface area (Å²) in [5.41, 5.74) is 2.74. The van der Waals surface area contributed by atoms with Crippen molar-refractivity contribution in [1.29, 1.82) is 0 Å². The van der Waals surface area contributed by atoms with E-state index in [2.05, 4.69) is 9.88 Å². The predicted molar refractivity (Wildman–Crippen MR) is 104 cm³/mol. The van der Waals surface area contributed by atoms with E-state index in [4.69, 9.17) is 4.74 Å². The number of hydrogen-bond acceptors (Lipinski definition) is 3. The van der Waals surface area contributed by atoms with Gasteiger partial charge in [0.25, 0.3) is 0 Å². The minimum absolute atomic E-state index is 0.0693. The van der Waals surface area contributed by atoms with Crippen LogP contribution in [0.2, 0.25) is 0 Å². The number of carbonyl (C=O) groups excluding carboxylic acids is 1. The molecule has 0 saturated carbocycles. The van der Waals surface area contributed by atoms with Gasteiger partial charge in [-0.25, -0.2) is 4.39 Å². The molecule has 1 aromatic heterocycles. The van der Waals surface area contributed by atoms with Crippen LogP contribution in [-0.2, 0) is 11.2 Å². The lowest BCUT2D eigenvalue weighted by atomic mass is 10.1. The number of piperazine rings is 1. The van der Waals surface area contributed by atoms with Crippen molar-refractivity contribution in [3.05, 3.63) is 60.0 Å². The van der Waals surface area contributed by atoms with Crippen molar-refractivity contribution in [1.82, 2.24) is 9.88 Å². The van der Waals surface area contributed by atoms with Crippen molar-refractivity contribution < 1.29 is 13.9 Å². The van der Waals surface area contributed by atoms with Crippen LogP contribution in [-0.4, -0.2) is 49.1 Å². The monoisotopic (exact) mass is 367 g/mol. The zero-order valence-corrected chi connectivity index (χ0v) is 15.2. The smallest absolute Gasteiger partial charge is 0.227 e. The Morgan fingerprint density at radius 2 is 1.93 bits per heavy atom. The van der Waals surface area contributed by atoms with E-state index in [9.17, 15) is 9.18 Å². The first-order chi connectivity index (χ1) is 13.2. The first kappa shape index (κ1) is 17.4. The second kappa shape index (κ2) is 7.31. The van der Waals surface area contributed by atoms with E-state index < -0.39 is 0 Å². The van der Waals surface area contributed by atoms with Crippen LogP contribution in [0.25, 0.3) is 10.9 Å². The number of amides is 1. The van der Waals surface area contributed by atoms with E-state index in [1.54, 1.807) is 19.4 Å². The molecule has 4 rings (SSSR count). The molecule has 0 atom stereocenters. The molecule has 0 aliphatic carbocycles. The number of benzene rings is 2. The molecule has 27 heavy (non-hydrogen) atoms. The van der Waals surface area contributed by atoms with Gasteiger partial charge < -0.3 is 19.5 Å². The van der Waals surface area contributed by atoms with Crippen molar-refractivity contribution in [2.24, 2.45) is 0 Å². The summed E-state index contributed by atoms with van der Waals surface area (Å²) in [6, 6.07) is 12.5. The number of ether oxygens (including phenoxy) is 1. The molecule has 1 amide bonds. The molecule has 0 bridgehead atoms. The van der Waals surface area contributed by atoms with Gasteiger partial charge >= 0.3 is 0 Å². The number of aromatic amines is 1. The van der Waals surface area contributed by atoms with E-state index in [1.807, 2.05) is 29.2 Å². The number of anilines is 1. The van der Waals surface area contributed by atoms with Crippen molar-refractivity contribution >= 4 is 22.5 Å². The molecule has 1 aliphatic rings. The molecule has 1 N–H and O–H groups in total. The summed E-state index contributed by atoms with van der Waals surface area (Å²) in [4.78, 5) is 20.0. The number of halogens is 1. The summed E-state index contributed by atoms with van der Waals surface area (Å²) < 4.78 is 19.0. The maximum Gasteiger partial charge on any atom is 0.227 e. The topological polar surface area (TPSA) is 48.6 Å². The summed E-state index contributed by atoms with van der Waals surface area (Å²) in [6.45, 7) is 2.84. The van der Waals surface area contributed by atoms with Crippen molar-refractivity contribution in [2.75, 3.05) is 38.2 Å². The first-order valence-corrected chi connectivity index (χ1v) is 9.07. The first-order valence-electron chi connectivity index (χ1n) is 9.07. The van der Waals surface area contributed by atoms with Gasteiger partial charge in [-0.1, -0.05) is 12.1 Å². The van der Waals surface area contributed by atoms with Gasteiger partial charge in [-0.05, 0) is 35.9 Å². The van der Waals surface area contributed by atoms with Gasteiger partial charge in [0.2, 0.25) is 5.91 Å². The standard InChI is InChI=1S/C21H22FN3O2/c1-27-20-5-3-2-4-19(20)24-8-10-25(11-9-24)21(26)12-15-14-23-18-7-6-16(22)13-17(15)18/h2-7,13-14,23H,8-12H2,1H3. The molecule has 2 aromatic carbocycles. The summed E-state index contributed by atoms with van der Waals surface area (Å²) in [7, 11) is 1.67. The van der Waals surface area contributed by atoms with Gasteiger partial charge in [0, 0.05) is 43.3 Å². The molecular formula is C21H22FN3O2. The Morgan fingerprint density at radius 1 is 1.15 bits per heavy atom. The van der Waals surface area contributed by atoms with E-state index in [0.29, 0.717) is 13.1 Å². The Labute approximate surface area is 157 Å². The number of fused-ring (bicyclic) bond motifs is 1. The van der Waals surface area contributed by atoms with Gasteiger partial charge in [0.1, 0.15) is 11.6 Å². The molecule has 5 nitrogen and oxygen atoms in total. The Bertz CT molecular complexity index is 961. The maximum atomic E-state index is 13.5. The molecule has 0 spiro atoms. The third-order valence-corrected chi connectivity index (χ3v) is 5.13. The minimum atomic E-state index is -0.291. The average molecular weight is 367 g/mol. The number of methoxy groups -OCH3 is 1. The molecule has 1 fully saturated rings. The molecule has 1 aliphatic heterocycles. The van der Waals surface area contributed by atoms with Gasteiger partial charge in [0.05, 0.1) is 19.2 Å². The summed E-state index contributed by atoms with van der Waals surface area (Å²) in [6.07, 6.45) is 2.07. The fourth-order valence-electron chi connectivity index (χ4n) is 3.66. The Hall–Kier alpha value is -3.02. The fourth-order valence-corrected chi connectivity index (χ4v) is 3.66. The highest BCUT2D eigenvalue weighted by Gasteiger charge is 2.23. The molecule has 6 heteroatoms.